The molecule has 1 aromatic carbocycles. The number of carbonyl (C=O) groups excluding carboxylic acids is 1. The van der Waals surface area contributed by atoms with E-state index in [0.29, 0.717) is 59.2 Å². The highest BCUT2D eigenvalue weighted by atomic mass is 19.1. The second-order valence-electron chi connectivity index (χ2n) is 8.04. The number of halogens is 1. The van der Waals surface area contributed by atoms with Crippen LogP contribution >= 0.6 is 0 Å². The lowest BCUT2D eigenvalue weighted by atomic mass is 10.1. The number of ether oxygens (including phenoxy) is 3. The van der Waals surface area contributed by atoms with Gasteiger partial charge in [0, 0.05) is 59.5 Å². The highest BCUT2D eigenvalue weighted by Gasteiger charge is 2.28. The normalized spacial score (nSPS) is 21.7. The number of β-amino-alcohol motifs (C(OH)–C–C–N with tert-alkyl or cyclic N) is 1. The van der Waals surface area contributed by atoms with Crippen molar-refractivity contribution in [2.75, 3.05) is 85.9 Å². The Morgan fingerprint density at radius 3 is 2.68 bits per heavy atom. The summed E-state index contributed by atoms with van der Waals surface area (Å²) < 4.78 is 30.5. The van der Waals surface area contributed by atoms with Gasteiger partial charge in [-0.25, -0.2) is 4.39 Å². The highest BCUT2D eigenvalue weighted by molar-refractivity contribution is 5.94. The van der Waals surface area contributed by atoms with Crippen LogP contribution in [0.1, 0.15) is 10.4 Å². The lowest BCUT2D eigenvalue weighted by molar-refractivity contribution is -0.0564. The zero-order valence-electron chi connectivity index (χ0n) is 18.2. The molecule has 0 bridgehead atoms. The van der Waals surface area contributed by atoms with Gasteiger partial charge in [-0.3, -0.25) is 14.6 Å². The monoisotopic (exact) mass is 439 g/mol. The van der Waals surface area contributed by atoms with E-state index >= 15 is 0 Å². The van der Waals surface area contributed by atoms with Crippen LogP contribution in [0.25, 0.3) is 0 Å². The maximum Gasteiger partial charge on any atom is 0.256 e. The summed E-state index contributed by atoms with van der Waals surface area (Å²) in [6.07, 6.45) is -0.668. The molecule has 0 unspecified atom stereocenters. The Kier molecular flexibility index (Phi) is 9.63. The van der Waals surface area contributed by atoms with Gasteiger partial charge in [-0.15, -0.1) is 0 Å². The molecule has 1 aromatic rings. The molecule has 2 fully saturated rings. The maximum absolute atomic E-state index is 14.1. The van der Waals surface area contributed by atoms with E-state index < -0.39 is 11.9 Å². The first-order valence-corrected chi connectivity index (χ1v) is 10.9. The molecule has 2 atom stereocenters. The Balaban J connectivity index is 1.54. The van der Waals surface area contributed by atoms with E-state index in [1.165, 1.54) is 12.1 Å². The largest absolute Gasteiger partial charge is 0.390 e. The molecule has 0 saturated carbocycles. The van der Waals surface area contributed by atoms with Crippen LogP contribution in [0.5, 0.6) is 0 Å². The van der Waals surface area contributed by atoms with Gasteiger partial charge < -0.3 is 24.2 Å². The second-order valence-corrected chi connectivity index (χ2v) is 8.04. The fraction of sp³-hybridized carbons (Fsp3) is 0.682. The molecule has 2 heterocycles. The zero-order chi connectivity index (χ0) is 22.1. The molecule has 0 aliphatic carbocycles. The molecule has 174 valence electrons. The van der Waals surface area contributed by atoms with Crippen LogP contribution in [0.2, 0.25) is 0 Å². The molecule has 0 aromatic heterocycles. The van der Waals surface area contributed by atoms with E-state index in [1.54, 1.807) is 24.1 Å². The standard InChI is InChI=1S/C22H34FN3O5/c1-29-10-9-26(22(28)20-4-2-3-5-21(20)23)17-19-16-25(8-13-31-19)15-18(27)14-24-6-11-30-12-7-24/h2-5,18-19,27H,6-17H2,1H3/t18-,19-/m1/s1. The molecule has 9 heteroatoms. The van der Waals surface area contributed by atoms with Gasteiger partial charge in [0.25, 0.3) is 5.91 Å². The van der Waals surface area contributed by atoms with Gasteiger partial charge in [0.15, 0.2) is 0 Å². The van der Waals surface area contributed by atoms with Crippen molar-refractivity contribution in [1.29, 1.82) is 0 Å². The summed E-state index contributed by atoms with van der Waals surface area (Å²) in [5, 5.41) is 10.5. The number of benzene rings is 1. The number of aliphatic hydroxyl groups is 1. The van der Waals surface area contributed by atoms with Gasteiger partial charge in [0.05, 0.1) is 44.2 Å². The molecule has 8 nitrogen and oxygen atoms in total. The number of hydrogen-bond acceptors (Lipinski definition) is 7. The molecular weight excluding hydrogens is 405 g/mol. The van der Waals surface area contributed by atoms with E-state index in [2.05, 4.69) is 9.80 Å². The minimum absolute atomic E-state index is 0.0483. The predicted molar refractivity (Wildman–Crippen MR) is 114 cm³/mol. The SMILES string of the molecule is COCCN(C[C@H]1CN(C[C@H](O)CN2CCOCC2)CCO1)C(=O)c1ccccc1F. The summed E-state index contributed by atoms with van der Waals surface area (Å²) in [6, 6.07) is 6.00. The summed E-state index contributed by atoms with van der Waals surface area (Å²) in [4.78, 5) is 18.9. The fourth-order valence-corrected chi connectivity index (χ4v) is 4.02. The number of hydrogen-bond donors (Lipinski definition) is 1. The minimum atomic E-state index is -0.535. The molecule has 31 heavy (non-hydrogen) atoms. The number of amides is 1. The summed E-state index contributed by atoms with van der Waals surface area (Å²) in [6.45, 7) is 7.19. The third-order valence-corrected chi connectivity index (χ3v) is 5.65. The molecule has 1 N–H and O–H groups in total. The molecule has 2 aliphatic rings. The van der Waals surface area contributed by atoms with Crippen LogP contribution in [0.4, 0.5) is 4.39 Å². The van der Waals surface area contributed by atoms with E-state index in [4.69, 9.17) is 14.2 Å². The van der Waals surface area contributed by atoms with Gasteiger partial charge in [0.2, 0.25) is 0 Å². The minimum Gasteiger partial charge on any atom is -0.390 e. The van der Waals surface area contributed by atoms with E-state index in [-0.39, 0.29) is 17.6 Å². The molecule has 1 amide bonds. The van der Waals surface area contributed by atoms with Gasteiger partial charge in [0.1, 0.15) is 5.82 Å². The number of aliphatic hydroxyl groups excluding tert-OH is 1. The molecule has 0 spiro atoms. The Hall–Kier alpha value is -1.62. The van der Waals surface area contributed by atoms with Gasteiger partial charge in [-0.2, -0.15) is 0 Å². The first-order chi connectivity index (χ1) is 15.1. The van der Waals surface area contributed by atoms with Crippen molar-refractivity contribution >= 4 is 5.91 Å². The lowest BCUT2D eigenvalue weighted by Gasteiger charge is -2.37. The van der Waals surface area contributed by atoms with Crippen LogP contribution in [0, 0.1) is 5.82 Å². The fourth-order valence-electron chi connectivity index (χ4n) is 4.02. The number of carbonyl (C=O) groups is 1. The van der Waals surface area contributed by atoms with Gasteiger partial charge >= 0.3 is 0 Å². The summed E-state index contributed by atoms with van der Waals surface area (Å²) in [5.41, 5.74) is 0.0483. The Morgan fingerprint density at radius 2 is 1.94 bits per heavy atom. The Labute approximate surface area is 183 Å². The number of morpholine rings is 2. The van der Waals surface area contributed by atoms with Gasteiger partial charge in [-0.1, -0.05) is 12.1 Å². The van der Waals surface area contributed by atoms with Gasteiger partial charge in [-0.05, 0) is 12.1 Å². The third-order valence-electron chi connectivity index (χ3n) is 5.65. The lowest BCUT2D eigenvalue weighted by Crippen LogP contribution is -2.52. The number of rotatable bonds is 10. The van der Waals surface area contributed by atoms with Crippen molar-refractivity contribution in [3.63, 3.8) is 0 Å². The maximum atomic E-state index is 14.1. The first kappa shape index (κ1) is 24.0. The smallest absolute Gasteiger partial charge is 0.256 e. The molecule has 2 saturated heterocycles. The quantitative estimate of drug-likeness (QED) is 0.562. The van der Waals surface area contributed by atoms with Crippen LogP contribution in [0.3, 0.4) is 0 Å². The van der Waals surface area contributed by atoms with E-state index in [1.807, 2.05) is 0 Å². The Bertz CT molecular complexity index is 689. The second kappa shape index (κ2) is 12.4. The number of nitrogens with zero attached hydrogens (tertiary/aromatic N) is 3. The summed E-state index contributed by atoms with van der Waals surface area (Å²) in [5.74, 6) is -0.907. The van der Waals surface area contributed by atoms with Crippen LogP contribution in [-0.4, -0.2) is 124 Å². The first-order valence-electron chi connectivity index (χ1n) is 10.9. The predicted octanol–water partition coefficient (Wildman–Crippen LogP) is 0.308. The summed E-state index contributed by atoms with van der Waals surface area (Å²) >= 11 is 0. The molecule has 2 aliphatic heterocycles. The topological polar surface area (TPSA) is 74.7 Å². The summed E-state index contributed by atoms with van der Waals surface area (Å²) in [7, 11) is 1.57. The average Bonchev–Trinajstić information content (AvgIpc) is 2.77. The molecule has 3 rings (SSSR count). The Morgan fingerprint density at radius 1 is 1.23 bits per heavy atom. The molecular formula is C22H34FN3O5. The third kappa shape index (κ3) is 7.48. The van der Waals surface area contributed by atoms with Crippen molar-refractivity contribution in [2.45, 2.75) is 12.2 Å². The van der Waals surface area contributed by atoms with Crippen LogP contribution < -0.4 is 0 Å². The highest BCUT2D eigenvalue weighted by Crippen LogP contribution is 2.14. The molecule has 0 radical (unpaired) electrons. The zero-order valence-corrected chi connectivity index (χ0v) is 18.2. The average molecular weight is 440 g/mol. The van der Waals surface area contributed by atoms with Crippen molar-refractivity contribution in [3.8, 4) is 0 Å². The van der Waals surface area contributed by atoms with Crippen molar-refractivity contribution in [3.05, 3.63) is 35.6 Å². The number of methoxy groups -OCH3 is 1. The van der Waals surface area contributed by atoms with E-state index in [9.17, 15) is 14.3 Å². The van der Waals surface area contributed by atoms with E-state index in [0.717, 1.165) is 19.6 Å². The van der Waals surface area contributed by atoms with Crippen LogP contribution in [-0.2, 0) is 14.2 Å². The van der Waals surface area contributed by atoms with Crippen molar-refractivity contribution in [2.24, 2.45) is 0 Å². The van der Waals surface area contributed by atoms with Crippen LogP contribution in [0.15, 0.2) is 24.3 Å². The van der Waals surface area contributed by atoms with Crippen molar-refractivity contribution < 1.29 is 28.5 Å². The van der Waals surface area contributed by atoms with Crippen molar-refractivity contribution in [1.82, 2.24) is 14.7 Å².